The fraction of sp³-hybridized carbons (Fsp3) is 0.0952. The van der Waals surface area contributed by atoms with Crippen LogP contribution in [-0.2, 0) is 11.2 Å². The first-order valence-electron chi connectivity index (χ1n) is 9.03. The molecule has 2 aromatic carbocycles. The lowest BCUT2D eigenvalue weighted by atomic mass is 9.94. The quantitative estimate of drug-likeness (QED) is 0.231. The van der Waals surface area contributed by atoms with E-state index in [0.29, 0.717) is 17.5 Å². The summed E-state index contributed by atoms with van der Waals surface area (Å²) < 4.78 is 41.3. The first-order chi connectivity index (χ1) is 14.8. The number of pyridine rings is 1. The zero-order chi connectivity index (χ0) is 22.5. The van der Waals surface area contributed by atoms with Crippen LogP contribution in [0.5, 0.6) is 0 Å². The molecule has 1 heterocycles. The molecular weight excluding hydrogens is 411 g/mol. The second-order valence-corrected chi connectivity index (χ2v) is 6.65. The molecule has 1 aromatic heterocycles. The topological polar surface area (TPSA) is 114 Å². The van der Waals surface area contributed by atoms with E-state index in [1.54, 1.807) is 12.1 Å². The summed E-state index contributed by atoms with van der Waals surface area (Å²) in [6.07, 6.45) is 1.76. The molecule has 3 aromatic rings. The van der Waals surface area contributed by atoms with Gasteiger partial charge in [-0.25, -0.2) is 24.9 Å². The maximum Gasteiger partial charge on any atom is 0.268 e. The van der Waals surface area contributed by atoms with Crippen LogP contribution in [0.1, 0.15) is 27.7 Å². The lowest BCUT2D eigenvalue weighted by Crippen LogP contribution is -2.36. The van der Waals surface area contributed by atoms with E-state index >= 15 is 0 Å². The molecule has 0 fully saturated rings. The highest BCUT2D eigenvalue weighted by molar-refractivity contribution is 5.95. The summed E-state index contributed by atoms with van der Waals surface area (Å²) in [4.78, 5) is 27.6. The third-order valence-corrected chi connectivity index (χ3v) is 4.64. The van der Waals surface area contributed by atoms with E-state index in [2.05, 4.69) is 4.98 Å². The molecule has 0 saturated heterocycles. The molecule has 7 nitrogen and oxygen atoms in total. The van der Waals surface area contributed by atoms with Gasteiger partial charge in [0.05, 0.1) is 17.3 Å². The van der Waals surface area contributed by atoms with Crippen LogP contribution < -0.4 is 17.1 Å². The second kappa shape index (κ2) is 9.37. The van der Waals surface area contributed by atoms with Crippen LogP contribution in [0, 0.1) is 17.5 Å². The van der Waals surface area contributed by atoms with Gasteiger partial charge in [-0.3, -0.25) is 25.0 Å². The Hall–Kier alpha value is -3.76. The van der Waals surface area contributed by atoms with Crippen molar-refractivity contribution in [2.45, 2.75) is 12.5 Å². The molecule has 3 rings (SSSR count). The molecule has 0 spiro atoms. The van der Waals surface area contributed by atoms with Crippen LogP contribution in [0.3, 0.4) is 0 Å². The number of halogens is 3. The lowest BCUT2D eigenvalue weighted by molar-refractivity contribution is -0.120. The average molecular weight is 429 g/mol. The first-order valence-corrected chi connectivity index (χ1v) is 9.03. The number of benzene rings is 2. The van der Waals surface area contributed by atoms with E-state index in [1.165, 1.54) is 18.3 Å². The summed E-state index contributed by atoms with van der Waals surface area (Å²) in [5.41, 5.74) is 2.95. The van der Waals surface area contributed by atoms with Gasteiger partial charge in [-0.05, 0) is 41.5 Å². The van der Waals surface area contributed by atoms with Crippen molar-refractivity contribution < 1.29 is 22.8 Å². The summed E-state index contributed by atoms with van der Waals surface area (Å²) in [5.74, 6) is 7.78. The Morgan fingerprint density at radius 3 is 2.48 bits per heavy atom. The van der Waals surface area contributed by atoms with Gasteiger partial charge >= 0.3 is 0 Å². The fourth-order valence-corrected chi connectivity index (χ4v) is 3.24. The summed E-state index contributed by atoms with van der Waals surface area (Å²) in [7, 11) is 0. The van der Waals surface area contributed by atoms with Gasteiger partial charge in [-0.1, -0.05) is 12.1 Å². The minimum atomic E-state index is -0.910. The lowest BCUT2D eigenvalue weighted by Gasteiger charge is -2.26. The Bertz CT molecular complexity index is 1110. The molecule has 1 unspecified atom stereocenters. The Morgan fingerprint density at radius 2 is 1.84 bits per heavy atom. The van der Waals surface area contributed by atoms with Crippen LogP contribution in [-0.4, -0.2) is 22.3 Å². The SMILES string of the molecule is NNC(=O)c1cc(-c2cccnc2C(Cc2cc(F)cc(F)c2)N(N)C=O)ccc1F. The zero-order valence-corrected chi connectivity index (χ0v) is 16.1. The number of carbonyl (C=O) groups is 2. The van der Waals surface area contributed by atoms with Crippen molar-refractivity contribution in [2.24, 2.45) is 11.7 Å². The second-order valence-electron chi connectivity index (χ2n) is 6.65. The number of nitrogens with two attached hydrogens (primary N) is 2. The highest BCUT2D eigenvalue weighted by Crippen LogP contribution is 2.32. The average Bonchev–Trinajstić information content (AvgIpc) is 2.76. The standard InChI is InChI=1S/C21H18F3N5O2/c22-14-6-12(7-15(23)10-14)8-19(29(26)11-30)20-16(2-1-5-27-20)13-3-4-18(24)17(9-13)21(31)28-25/h1-7,9-11,19H,8,25-26H2,(H,28,31). The predicted molar refractivity (Wildman–Crippen MR) is 106 cm³/mol. The van der Waals surface area contributed by atoms with Gasteiger partial charge in [0.25, 0.3) is 5.91 Å². The maximum absolute atomic E-state index is 14.1. The number of nitrogen functional groups attached to an aromatic ring is 1. The van der Waals surface area contributed by atoms with Gasteiger partial charge in [0.15, 0.2) is 0 Å². The van der Waals surface area contributed by atoms with Crippen LogP contribution in [0.15, 0.2) is 54.7 Å². The van der Waals surface area contributed by atoms with Gasteiger partial charge in [-0.2, -0.15) is 0 Å². The summed E-state index contributed by atoms with van der Waals surface area (Å²) in [6.45, 7) is 0. The molecule has 0 aliphatic rings. The van der Waals surface area contributed by atoms with Gasteiger partial charge in [0.1, 0.15) is 17.5 Å². The van der Waals surface area contributed by atoms with Gasteiger partial charge in [0.2, 0.25) is 6.41 Å². The van der Waals surface area contributed by atoms with Crippen LogP contribution >= 0.6 is 0 Å². The van der Waals surface area contributed by atoms with Crippen LogP contribution in [0.4, 0.5) is 13.2 Å². The normalized spacial score (nSPS) is 11.6. The van der Waals surface area contributed by atoms with E-state index in [-0.39, 0.29) is 23.2 Å². The van der Waals surface area contributed by atoms with Gasteiger partial charge < -0.3 is 0 Å². The molecular formula is C21H18F3N5O2. The Morgan fingerprint density at radius 1 is 1.13 bits per heavy atom. The molecule has 0 saturated carbocycles. The predicted octanol–water partition coefficient (Wildman–Crippen LogP) is 2.39. The molecule has 0 aliphatic heterocycles. The van der Waals surface area contributed by atoms with E-state index in [9.17, 15) is 22.8 Å². The Kier molecular flexibility index (Phi) is 6.63. The number of hydrogen-bond donors (Lipinski definition) is 3. The van der Waals surface area contributed by atoms with Crippen molar-refractivity contribution in [3.05, 3.63) is 89.0 Å². The molecule has 0 aliphatic carbocycles. The number of nitrogens with zero attached hydrogens (tertiary/aromatic N) is 2. The van der Waals surface area contributed by atoms with Crippen molar-refractivity contribution in [2.75, 3.05) is 0 Å². The maximum atomic E-state index is 14.1. The molecule has 0 bridgehead atoms. The molecule has 0 radical (unpaired) electrons. The number of nitrogens with one attached hydrogen (secondary N) is 1. The number of hydrogen-bond acceptors (Lipinski definition) is 5. The van der Waals surface area contributed by atoms with Crippen molar-refractivity contribution in [3.63, 3.8) is 0 Å². The summed E-state index contributed by atoms with van der Waals surface area (Å²) in [6, 6.07) is 9.09. The van der Waals surface area contributed by atoms with Gasteiger partial charge in [-0.15, -0.1) is 0 Å². The highest BCUT2D eigenvalue weighted by Gasteiger charge is 2.24. The van der Waals surface area contributed by atoms with E-state index in [1.807, 2.05) is 5.43 Å². The number of aromatic nitrogens is 1. The van der Waals surface area contributed by atoms with Crippen LogP contribution in [0.25, 0.3) is 11.1 Å². The number of hydrazine groups is 2. The highest BCUT2D eigenvalue weighted by atomic mass is 19.1. The Balaban J connectivity index is 2.10. The smallest absolute Gasteiger partial charge is 0.268 e. The minimum Gasteiger partial charge on any atom is -0.290 e. The third-order valence-electron chi connectivity index (χ3n) is 4.64. The number of rotatable bonds is 7. The molecule has 2 amide bonds. The zero-order valence-electron chi connectivity index (χ0n) is 16.1. The Labute approximate surface area is 175 Å². The monoisotopic (exact) mass is 429 g/mol. The van der Waals surface area contributed by atoms with Crippen LogP contribution in [0.2, 0.25) is 0 Å². The molecule has 1 atom stereocenters. The summed E-state index contributed by atoms with van der Waals surface area (Å²) >= 11 is 0. The van der Waals surface area contributed by atoms with Crippen molar-refractivity contribution >= 4 is 12.3 Å². The molecule has 10 heteroatoms. The number of amides is 2. The number of carbonyl (C=O) groups excluding carboxylic acids is 2. The molecule has 160 valence electrons. The van der Waals surface area contributed by atoms with E-state index in [4.69, 9.17) is 11.7 Å². The largest absolute Gasteiger partial charge is 0.290 e. The minimum absolute atomic E-state index is 0.0503. The van der Waals surface area contributed by atoms with Crippen molar-refractivity contribution in [1.82, 2.24) is 15.4 Å². The first kappa shape index (κ1) is 21.9. The van der Waals surface area contributed by atoms with E-state index < -0.39 is 29.4 Å². The van der Waals surface area contributed by atoms with Gasteiger partial charge in [0, 0.05) is 24.2 Å². The molecule has 5 N–H and O–H groups in total. The van der Waals surface area contributed by atoms with Crippen molar-refractivity contribution in [1.29, 1.82) is 0 Å². The fourth-order valence-electron chi connectivity index (χ4n) is 3.24. The summed E-state index contributed by atoms with van der Waals surface area (Å²) in [5, 5.41) is 0.825. The third kappa shape index (κ3) is 4.87. The molecule has 31 heavy (non-hydrogen) atoms. The van der Waals surface area contributed by atoms with Crippen molar-refractivity contribution in [3.8, 4) is 11.1 Å². The van der Waals surface area contributed by atoms with E-state index in [0.717, 1.165) is 29.3 Å².